The van der Waals surface area contributed by atoms with Crippen molar-refractivity contribution in [1.82, 2.24) is 0 Å². The van der Waals surface area contributed by atoms with Crippen molar-refractivity contribution in [3.8, 4) is 11.5 Å². The fraction of sp³-hybridized carbons (Fsp3) is 0.650. The van der Waals surface area contributed by atoms with Gasteiger partial charge in [-0.1, -0.05) is 13.8 Å². The van der Waals surface area contributed by atoms with Crippen molar-refractivity contribution in [2.45, 2.75) is 59.0 Å². The van der Waals surface area contributed by atoms with Gasteiger partial charge in [0.1, 0.15) is 22.7 Å². The van der Waals surface area contributed by atoms with Crippen molar-refractivity contribution >= 4 is 5.97 Å². The van der Waals surface area contributed by atoms with Crippen LogP contribution in [0.1, 0.15) is 67.9 Å². The Morgan fingerprint density at radius 1 is 1.42 bits per heavy atom. The molecule has 0 radical (unpaired) electrons. The van der Waals surface area contributed by atoms with E-state index in [2.05, 4.69) is 20.8 Å². The molecule has 1 N–H and O–H groups in total. The van der Waals surface area contributed by atoms with Gasteiger partial charge < -0.3 is 14.6 Å². The van der Waals surface area contributed by atoms with Crippen LogP contribution in [0.3, 0.4) is 0 Å². The van der Waals surface area contributed by atoms with Gasteiger partial charge in [0.2, 0.25) is 0 Å². The van der Waals surface area contributed by atoms with E-state index in [0.717, 1.165) is 17.7 Å². The number of carbonyl (C=O) groups excluding carboxylic acids is 1. The third-order valence-electron chi connectivity index (χ3n) is 6.84. The van der Waals surface area contributed by atoms with Gasteiger partial charge in [0.25, 0.3) is 0 Å². The summed E-state index contributed by atoms with van der Waals surface area (Å²) in [4.78, 5) is 12.3. The number of phenols is 1. The summed E-state index contributed by atoms with van der Waals surface area (Å²) in [5.41, 5.74) is 1.77. The molecule has 4 nitrogen and oxygen atoms in total. The predicted octanol–water partition coefficient (Wildman–Crippen LogP) is 4.18. The van der Waals surface area contributed by atoms with Gasteiger partial charge in [0.05, 0.1) is 6.61 Å². The summed E-state index contributed by atoms with van der Waals surface area (Å²) >= 11 is 0. The maximum Gasteiger partial charge on any atom is 0.342 e. The molecule has 0 amide bonds. The molecule has 4 heteroatoms. The van der Waals surface area contributed by atoms with Crippen LogP contribution in [-0.2, 0) is 4.74 Å². The summed E-state index contributed by atoms with van der Waals surface area (Å²) in [5, 5.41) is 11.0. The normalized spacial score (nSPS) is 34.6. The molecule has 0 bridgehead atoms. The number of aromatic hydroxyl groups is 1. The smallest absolute Gasteiger partial charge is 0.342 e. The van der Waals surface area contributed by atoms with Crippen molar-refractivity contribution in [2.75, 3.05) is 6.61 Å². The third kappa shape index (κ3) is 1.72. The summed E-state index contributed by atoms with van der Waals surface area (Å²) in [6.07, 6.45) is 2.23. The Morgan fingerprint density at radius 3 is 2.79 bits per heavy atom. The molecule has 130 valence electrons. The molecule has 1 unspecified atom stereocenters. The molecular formula is C20H26O4. The van der Waals surface area contributed by atoms with E-state index in [0.29, 0.717) is 29.6 Å². The summed E-state index contributed by atoms with van der Waals surface area (Å²) in [7, 11) is 0. The number of carbonyl (C=O) groups is 1. The summed E-state index contributed by atoms with van der Waals surface area (Å²) in [6, 6.07) is 1.91. The molecule has 0 spiro atoms. The van der Waals surface area contributed by atoms with Crippen LogP contribution in [0.4, 0.5) is 0 Å². The monoisotopic (exact) mass is 330 g/mol. The maximum absolute atomic E-state index is 12.3. The molecule has 0 aromatic heterocycles. The van der Waals surface area contributed by atoms with E-state index in [1.807, 2.05) is 13.0 Å². The fourth-order valence-electron chi connectivity index (χ4n) is 5.76. The highest BCUT2D eigenvalue weighted by molar-refractivity contribution is 5.95. The molecule has 0 saturated heterocycles. The Hall–Kier alpha value is -1.71. The summed E-state index contributed by atoms with van der Waals surface area (Å²) in [5.74, 6) is 1.62. The van der Waals surface area contributed by atoms with Crippen molar-refractivity contribution in [1.29, 1.82) is 0 Å². The number of rotatable bonds is 2. The Morgan fingerprint density at radius 2 is 2.12 bits per heavy atom. The lowest BCUT2D eigenvalue weighted by molar-refractivity contribution is -0.121. The fourth-order valence-corrected chi connectivity index (χ4v) is 5.76. The van der Waals surface area contributed by atoms with E-state index in [4.69, 9.17) is 9.47 Å². The van der Waals surface area contributed by atoms with Crippen molar-refractivity contribution in [3.05, 3.63) is 22.8 Å². The van der Waals surface area contributed by atoms with Crippen LogP contribution in [0.25, 0.3) is 0 Å². The van der Waals surface area contributed by atoms with Gasteiger partial charge in [-0.05, 0) is 56.6 Å². The molecule has 1 heterocycles. The molecule has 2 fully saturated rings. The lowest BCUT2D eigenvalue weighted by atomic mass is 9.45. The van der Waals surface area contributed by atoms with Gasteiger partial charge in [-0.25, -0.2) is 4.79 Å². The second kappa shape index (κ2) is 4.68. The van der Waals surface area contributed by atoms with Gasteiger partial charge in [-0.2, -0.15) is 0 Å². The number of hydrogen-bond donors (Lipinski definition) is 1. The molecule has 24 heavy (non-hydrogen) atoms. The average molecular weight is 330 g/mol. The van der Waals surface area contributed by atoms with Gasteiger partial charge in [-0.3, -0.25) is 0 Å². The molecule has 1 aromatic carbocycles. The van der Waals surface area contributed by atoms with Gasteiger partial charge in [-0.15, -0.1) is 0 Å². The molecule has 1 aliphatic heterocycles. The van der Waals surface area contributed by atoms with Crippen LogP contribution in [0.2, 0.25) is 0 Å². The highest BCUT2D eigenvalue weighted by Crippen LogP contribution is 2.74. The number of fused-ring (bicyclic) bond motifs is 2. The zero-order valence-corrected chi connectivity index (χ0v) is 15.1. The topological polar surface area (TPSA) is 55.8 Å². The molecular weight excluding hydrogens is 304 g/mol. The Kier molecular flexibility index (Phi) is 3.08. The number of hydrogen-bond acceptors (Lipinski definition) is 4. The second-order valence-electron chi connectivity index (χ2n) is 8.43. The molecule has 3 aliphatic rings. The lowest BCUT2D eigenvalue weighted by Crippen LogP contribution is -2.59. The number of aryl methyl sites for hydroxylation is 1. The number of benzene rings is 1. The van der Waals surface area contributed by atoms with Crippen LogP contribution in [0.15, 0.2) is 6.07 Å². The first-order valence-corrected chi connectivity index (χ1v) is 8.95. The highest BCUT2D eigenvalue weighted by Gasteiger charge is 2.69. The Balaban J connectivity index is 1.90. The zero-order chi connectivity index (χ0) is 17.4. The van der Waals surface area contributed by atoms with E-state index in [1.165, 1.54) is 6.42 Å². The predicted molar refractivity (Wildman–Crippen MR) is 90.6 cm³/mol. The summed E-state index contributed by atoms with van der Waals surface area (Å²) in [6.45, 7) is 10.7. The number of esters is 1. The third-order valence-corrected chi connectivity index (χ3v) is 6.84. The van der Waals surface area contributed by atoms with Crippen LogP contribution < -0.4 is 4.74 Å². The molecule has 4 atom stereocenters. The van der Waals surface area contributed by atoms with E-state index in [9.17, 15) is 9.90 Å². The number of ether oxygens (including phenoxy) is 2. The molecule has 2 aliphatic carbocycles. The van der Waals surface area contributed by atoms with Crippen LogP contribution in [0.5, 0.6) is 11.5 Å². The minimum absolute atomic E-state index is 0.0638. The molecule has 4 rings (SSSR count). The van der Waals surface area contributed by atoms with Crippen LogP contribution >= 0.6 is 0 Å². The minimum atomic E-state index is -0.455. The van der Waals surface area contributed by atoms with E-state index >= 15 is 0 Å². The SMILES string of the molecule is CCOC(=O)c1c(C)cc2c(c1O)[C@H]1C3[C@@H](CC[C@]3(C)O2)C1(C)C. The number of phenolic OH excluding ortho intramolecular Hbond substituents is 1. The van der Waals surface area contributed by atoms with Gasteiger partial charge >= 0.3 is 5.97 Å². The Bertz CT molecular complexity index is 736. The first-order chi connectivity index (χ1) is 11.2. The minimum Gasteiger partial charge on any atom is -0.507 e. The average Bonchev–Trinajstić information content (AvgIpc) is 2.81. The van der Waals surface area contributed by atoms with E-state index in [1.54, 1.807) is 6.92 Å². The zero-order valence-electron chi connectivity index (χ0n) is 15.1. The standard InChI is InChI=1S/C20H26O4/c1-6-23-18(22)13-10(2)9-12-14(17(13)21)16-15-11(19(16,3)4)7-8-20(15,5)24-12/h9,11,15-16,21H,6-8H2,1-5H3/t11-,15?,16+,20+/m1/s1. The molecule has 1 aromatic rings. The van der Waals surface area contributed by atoms with Gasteiger partial charge in [0.15, 0.2) is 0 Å². The summed E-state index contributed by atoms with van der Waals surface area (Å²) < 4.78 is 11.5. The second-order valence-corrected chi connectivity index (χ2v) is 8.43. The van der Waals surface area contributed by atoms with E-state index in [-0.39, 0.29) is 22.7 Å². The first kappa shape index (κ1) is 15.8. The van der Waals surface area contributed by atoms with Crippen molar-refractivity contribution in [2.24, 2.45) is 17.3 Å². The Labute approximate surface area is 143 Å². The van der Waals surface area contributed by atoms with Gasteiger partial charge in [0, 0.05) is 17.4 Å². The maximum atomic E-state index is 12.3. The van der Waals surface area contributed by atoms with Crippen LogP contribution in [0, 0.1) is 24.2 Å². The van der Waals surface area contributed by atoms with Crippen LogP contribution in [-0.4, -0.2) is 23.3 Å². The van der Waals surface area contributed by atoms with E-state index < -0.39 is 5.97 Å². The van der Waals surface area contributed by atoms with Crippen molar-refractivity contribution in [3.63, 3.8) is 0 Å². The van der Waals surface area contributed by atoms with Crippen molar-refractivity contribution < 1.29 is 19.4 Å². The lowest BCUT2D eigenvalue weighted by Gasteiger charge is -2.62. The quantitative estimate of drug-likeness (QED) is 0.827. The highest BCUT2D eigenvalue weighted by atomic mass is 16.5. The molecule has 2 saturated carbocycles. The first-order valence-electron chi connectivity index (χ1n) is 8.95. The largest absolute Gasteiger partial charge is 0.507 e.